The van der Waals surface area contributed by atoms with E-state index in [-0.39, 0.29) is 5.78 Å². The summed E-state index contributed by atoms with van der Waals surface area (Å²) in [7, 11) is 0. The lowest BCUT2D eigenvalue weighted by Gasteiger charge is -1.95. The van der Waals surface area contributed by atoms with Crippen molar-refractivity contribution in [2.75, 3.05) is 6.61 Å². The maximum Gasteiger partial charge on any atom is 0.169 e. The van der Waals surface area contributed by atoms with Crippen LogP contribution < -0.4 is 0 Å². The minimum atomic E-state index is 0.0884. The van der Waals surface area contributed by atoms with E-state index in [2.05, 4.69) is 5.16 Å². The molecular formula is C10H13NO2S. The highest BCUT2D eigenvalue weighted by atomic mass is 32.1. The highest BCUT2D eigenvalue weighted by Crippen LogP contribution is 2.17. The Hall–Kier alpha value is -1.16. The molecule has 1 rings (SSSR count). The molecule has 0 aromatic carbocycles. The summed E-state index contributed by atoms with van der Waals surface area (Å²) in [4.78, 5) is 17.7. The summed E-state index contributed by atoms with van der Waals surface area (Å²) in [5.41, 5.74) is 0.810. The van der Waals surface area contributed by atoms with Crippen molar-refractivity contribution in [2.24, 2.45) is 5.16 Å². The summed E-state index contributed by atoms with van der Waals surface area (Å²) in [5, 5.41) is 3.90. The van der Waals surface area contributed by atoms with Crippen LogP contribution in [0.15, 0.2) is 17.3 Å². The fourth-order valence-electron chi connectivity index (χ4n) is 0.928. The van der Waals surface area contributed by atoms with E-state index in [1.807, 2.05) is 26.0 Å². The van der Waals surface area contributed by atoms with Crippen LogP contribution in [-0.4, -0.2) is 18.1 Å². The van der Waals surface area contributed by atoms with Crippen LogP contribution in [0.1, 0.15) is 35.3 Å². The second-order valence-corrected chi connectivity index (χ2v) is 3.90. The molecule has 76 valence electrons. The van der Waals surface area contributed by atoms with Crippen molar-refractivity contribution in [1.29, 1.82) is 0 Å². The number of carbonyl (C=O) groups is 1. The third kappa shape index (κ3) is 2.67. The number of ketones is 1. The molecule has 0 N–H and O–H groups in total. The van der Waals surface area contributed by atoms with Crippen LogP contribution in [0.5, 0.6) is 0 Å². The van der Waals surface area contributed by atoms with Crippen molar-refractivity contribution in [1.82, 2.24) is 0 Å². The van der Waals surface area contributed by atoms with E-state index in [0.717, 1.165) is 15.5 Å². The maximum atomic E-state index is 11.0. The number of rotatable bonds is 4. The van der Waals surface area contributed by atoms with E-state index >= 15 is 0 Å². The van der Waals surface area contributed by atoms with Crippen LogP contribution in [-0.2, 0) is 4.84 Å². The lowest BCUT2D eigenvalue weighted by molar-refractivity contribution is 0.102. The molecule has 0 atom stereocenters. The summed E-state index contributed by atoms with van der Waals surface area (Å²) in [6, 6.07) is 3.70. The van der Waals surface area contributed by atoms with Gasteiger partial charge < -0.3 is 4.84 Å². The number of carbonyl (C=O) groups excluding carboxylic acids is 1. The van der Waals surface area contributed by atoms with Gasteiger partial charge in [-0.05, 0) is 32.9 Å². The predicted molar refractivity (Wildman–Crippen MR) is 58.2 cm³/mol. The molecule has 0 aliphatic rings. The fraction of sp³-hybridized carbons (Fsp3) is 0.400. The zero-order valence-corrected chi connectivity index (χ0v) is 9.35. The Labute approximate surface area is 87.4 Å². The third-order valence-electron chi connectivity index (χ3n) is 1.64. The zero-order valence-electron chi connectivity index (χ0n) is 8.53. The SMILES string of the molecule is CCO/N=C(\C)c1ccc(C(C)=O)s1. The number of hydrogen-bond acceptors (Lipinski definition) is 4. The van der Waals surface area contributed by atoms with Gasteiger partial charge in [-0.2, -0.15) is 0 Å². The number of thiophene rings is 1. The molecule has 4 heteroatoms. The maximum absolute atomic E-state index is 11.0. The Morgan fingerprint density at radius 2 is 2.07 bits per heavy atom. The van der Waals surface area contributed by atoms with Crippen LogP contribution in [0.3, 0.4) is 0 Å². The van der Waals surface area contributed by atoms with Gasteiger partial charge in [0, 0.05) is 0 Å². The lowest BCUT2D eigenvalue weighted by atomic mass is 10.3. The van der Waals surface area contributed by atoms with Crippen molar-refractivity contribution in [3.8, 4) is 0 Å². The molecule has 1 aromatic heterocycles. The van der Waals surface area contributed by atoms with Crippen molar-refractivity contribution in [3.05, 3.63) is 21.9 Å². The molecule has 0 amide bonds. The van der Waals surface area contributed by atoms with Gasteiger partial charge in [0.2, 0.25) is 0 Å². The van der Waals surface area contributed by atoms with Gasteiger partial charge in [0.1, 0.15) is 6.61 Å². The lowest BCUT2D eigenvalue weighted by Crippen LogP contribution is -1.92. The molecule has 0 aliphatic carbocycles. The first kappa shape index (κ1) is 10.9. The van der Waals surface area contributed by atoms with Crippen molar-refractivity contribution in [2.45, 2.75) is 20.8 Å². The number of hydrogen-bond donors (Lipinski definition) is 0. The first-order valence-electron chi connectivity index (χ1n) is 4.43. The highest BCUT2D eigenvalue weighted by molar-refractivity contribution is 7.16. The van der Waals surface area contributed by atoms with Gasteiger partial charge in [0.05, 0.1) is 15.5 Å². The minimum Gasteiger partial charge on any atom is -0.396 e. The molecule has 1 heterocycles. The molecule has 0 fully saturated rings. The third-order valence-corrected chi connectivity index (χ3v) is 2.94. The smallest absolute Gasteiger partial charge is 0.169 e. The molecule has 14 heavy (non-hydrogen) atoms. The van der Waals surface area contributed by atoms with Crippen molar-refractivity contribution in [3.63, 3.8) is 0 Å². The highest BCUT2D eigenvalue weighted by Gasteiger charge is 2.06. The minimum absolute atomic E-state index is 0.0884. The van der Waals surface area contributed by atoms with Gasteiger partial charge >= 0.3 is 0 Å². The van der Waals surface area contributed by atoms with Gasteiger partial charge in [0.15, 0.2) is 5.78 Å². The Balaban J connectivity index is 2.81. The van der Waals surface area contributed by atoms with Gasteiger partial charge in [-0.15, -0.1) is 11.3 Å². The molecule has 0 saturated carbocycles. The Bertz CT molecular complexity index is 355. The van der Waals surface area contributed by atoms with E-state index < -0.39 is 0 Å². The van der Waals surface area contributed by atoms with E-state index in [0.29, 0.717) is 6.61 Å². The quantitative estimate of drug-likeness (QED) is 0.436. The average molecular weight is 211 g/mol. The van der Waals surface area contributed by atoms with Crippen LogP contribution in [0.2, 0.25) is 0 Å². The molecular weight excluding hydrogens is 198 g/mol. The Kier molecular flexibility index (Phi) is 3.83. The van der Waals surface area contributed by atoms with E-state index in [1.165, 1.54) is 11.3 Å². The molecule has 0 radical (unpaired) electrons. The number of oxime groups is 1. The van der Waals surface area contributed by atoms with E-state index in [1.54, 1.807) is 6.92 Å². The molecule has 1 aromatic rings. The predicted octanol–water partition coefficient (Wildman–Crippen LogP) is 2.71. The second kappa shape index (κ2) is 4.91. The first-order valence-corrected chi connectivity index (χ1v) is 5.24. The summed E-state index contributed by atoms with van der Waals surface area (Å²) >= 11 is 1.44. The van der Waals surface area contributed by atoms with Crippen molar-refractivity contribution >= 4 is 22.8 Å². The molecule has 0 bridgehead atoms. The van der Waals surface area contributed by atoms with E-state index in [4.69, 9.17) is 4.84 Å². The van der Waals surface area contributed by atoms with E-state index in [9.17, 15) is 4.79 Å². The first-order chi connectivity index (χ1) is 6.65. The van der Waals surface area contributed by atoms with Gasteiger partial charge in [-0.25, -0.2) is 0 Å². The van der Waals surface area contributed by atoms with Gasteiger partial charge in [-0.3, -0.25) is 4.79 Å². The largest absolute Gasteiger partial charge is 0.396 e. The monoisotopic (exact) mass is 211 g/mol. The average Bonchev–Trinajstić information content (AvgIpc) is 2.62. The summed E-state index contributed by atoms with van der Waals surface area (Å²) in [6.07, 6.45) is 0. The summed E-state index contributed by atoms with van der Waals surface area (Å²) < 4.78 is 0. The van der Waals surface area contributed by atoms with Crippen molar-refractivity contribution < 1.29 is 9.63 Å². The molecule has 0 aliphatic heterocycles. The molecule has 0 spiro atoms. The van der Waals surface area contributed by atoms with Gasteiger partial charge in [-0.1, -0.05) is 5.16 Å². The number of nitrogens with zero attached hydrogens (tertiary/aromatic N) is 1. The van der Waals surface area contributed by atoms with Crippen LogP contribution in [0.4, 0.5) is 0 Å². The fourth-order valence-corrected chi connectivity index (χ4v) is 1.77. The summed E-state index contributed by atoms with van der Waals surface area (Å²) in [6.45, 7) is 5.87. The summed E-state index contributed by atoms with van der Waals surface area (Å²) in [5.74, 6) is 0.0884. The topological polar surface area (TPSA) is 38.7 Å². The van der Waals surface area contributed by atoms with Crippen LogP contribution in [0, 0.1) is 0 Å². The van der Waals surface area contributed by atoms with Crippen LogP contribution >= 0.6 is 11.3 Å². The molecule has 0 unspecified atom stereocenters. The van der Waals surface area contributed by atoms with Gasteiger partial charge in [0.25, 0.3) is 0 Å². The molecule has 0 saturated heterocycles. The second-order valence-electron chi connectivity index (χ2n) is 2.81. The number of Topliss-reactive ketones (excluding diaryl/α,β-unsaturated/α-hetero) is 1. The molecule has 3 nitrogen and oxygen atoms in total. The standard InChI is InChI=1S/C10H13NO2S/c1-4-13-11-7(2)9-5-6-10(14-9)8(3)12/h5-6H,4H2,1-3H3/b11-7+. The zero-order chi connectivity index (χ0) is 10.6. The normalized spacial score (nSPS) is 11.5. The Morgan fingerprint density at radius 3 is 2.57 bits per heavy atom. The van der Waals surface area contributed by atoms with Crippen LogP contribution in [0.25, 0.3) is 0 Å². The Morgan fingerprint density at radius 1 is 1.43 bits per heavy atom.